The molecule has 1 N–H and O–H groups in total. The number of benzene rings is 2. The second kappa shape index (κ2) is 6.18. The molecule has 3 aromatic rings. The van der Waals surface area contributed by atoms with Gasteiger partial charge in [0, 0.05) is 11.6 Å². The van der Waals surface area contributed by atoms with Gasteiger partial charge in [0.1, 0.15) is 0 Å². The van der Waals surface area contributed by atoms with Gasteiger partial charge in [0.25, 0.3) is 10.0 Å². The molecule has 0 saturated heterocycles. The van der Waals surface area contributed by atoms with E-state index in [1.54, 1.807) is 30.5 Å². The topological polar surface area (TPSA) is 71.4 Å². The number of aryl methyl sites for hydroxylation is 1. The van der Waals surface area contributed by atoms with Crippen LogP contribution in [0.2, 0.25) is 0 Å². The van der Waals surface area contributed by atoms with Crippen LogP contribution in [0.5, 0.6) is 0 Å². The van der Waals surface area contributed by atoms with Crippen molar-refractivity contribution in [3.8, 4) is 0 Å². The third-order valence-electron chi connectivity index (χ3n) is 3.35. The highest BCUT2D eigenvalue weighted by Crippen LogP contribution is 2.12. The molecule has 3 rings (SSSR count). The third kappa shape index (κ3) is 3.54. The lowest BCUT2D eigenvalue weighted by Crippen LogP contribution is -2.18. The molecule has 5 nitrogen and oxygen atoms in total. The molecule has 0 aliphatic rings. The first-order valence-corrected chi connectivity index (χ1v) is 8.49. The molecule has 0 atom stereocenters. The summed E-state index contributed by atoms with van der Waals surface area (Å²) in [4.78, 5) is 6.59. The number of nitrogens with zero attached hydrogens (tertiary/aromatic N) is 2. The maximum absolute atomic E-state index is 12.1. The lowest BCUT2D eigenvalue weighted by Gasteiger charge is -2.03. The van der Waals surface area contributed by atoms with Crippen LogP contribution in [0.4, 0.5) is 0 Å². The maximum atomic E-state index is 12.1. The molecule has 0 radical (unpaired) electrons. The van der Waals surface area contributed by atoms with E-state index in [1.807, 2.05) is 37.3 Å². The molecule has 0 aliphatic heterocycles. The first-order valence-electron chi connectivity index (χ1n) is 7.01. The highest BCUT2D eigenvalue weighted by atomic mass is 32.2. The molecule has 1 heterocycles. The van der Waals surface area contributed by atoms with Crippen molar-refractivity contribution in [3.63, 3.8) is 0 Å². The zero-order valence-corrected chi connectivity index (χ0v) is 13.3. The Balaban J connectivity index is 1.78. The standard InChI is InChI=1S/C17H15N3O2S/c1-13-6-8-17(9-7-13)23(21,22)20-19-12-16-10-14-4-2-3-5-15(14)11-18-16/h2-12,20H,1H3/b19-12+. The van der Waals surface area contributed by atoms with E-state index in [4.69, 9.17) is 0 Å². The second-order valence-electron chi connectivity index (χ2n) is 5.12. The van der Waals surface area contributed by atoms with Crippen molar-refractivity contribution < 1.29 is 8.42 Å². The van der Waals surface area contributed by atoms with Gasteiger partial charge in [-0.15, -0.1) is 0 Å². The zero-order chi connectivity index (χ0) is 16.3. The van der Waals surface area contributed by atoms with Crippen LogP contribution in [0.1, 0.15) is 11.3 Å². The SMILES string of the molecule is Cc1ccc(S(=O)(=O)N/N=C/c2cc3ccccc3cn2)cc1. The van der Waals surface area contributed by atoms with Crippen LogP contribution >= 0.6 is 0 Å². The first-order chi connectivity index (χ1) is 11.0. The van der Waals surface area contributed by atoms with Gasteiger partial charge in [0.05, 0.1) is 16.8 Å². The van der Waals surface area contributed by atoms with Crippen LogP contribution in [0.25, 0.3) is 10.8 Å². The lowest BCUT2D eigenvalue weighted by atomic mass is 10.1. The van der Waals surface area contributed by atoms with Crippen LogP contribution in [0, 0.1) is 6.92 Å². The van der Waals surface area contributed by atoms with E-state index in [9.17, 15) is 8.42 Å². The number of nitrogens with one attached hydrogen (secondary N) is 1. The van der Waals surface area contributed by atoms with Gasteiger partial charge < -0.3 is 0 Å². The molecule has 0 bridgehead atoms. The van der Waals surface area contributed by atoms with E-state index < -0.39 is 10.0 Å². The Morgan fingerprint density at radius 3 is 2.48 bits per heavy atom. The fourth-order valence-electron chi connectivity index (χ4n) is 2.10. The van der Waals surface area contributed by atoms with Crippen LogP contribution in [0.3, 0.4) is 0 Å². The van der Waals surface area contributed by atoms with Crippen LogP contribution in [0.15, 0.2) is 70.8 Å². The van der Waals surface area contributed by atoms with Gasteiger partial charge in [0.15, 0.2) is 0 Å². The Hall–Kier alpha value is -2.73. The average Bonchev–Trinajstić information content (AvgIpc) is 2.55. The number of hydrazone groups is 1. The molecular formula is C17H15N3O2S. The van der Waals surface area contributed by atoms with Crippen LogP contribution in [-0.4, -0.2) is 19.6 Å². The Kier molecular flexibility index (Phi) is 4.08. The van der Waals surface area contributed by atoms with Gasteiger partial charge in [-0.3, -0.25) is 4.98 Å². The smallest absolute Gasteiger partial charge is 0.255 e. The van der Waals surface area contributed by atoms with Crippen molar-refractivity contribution in [2.75, 3.05) is 0 Å². The summed E-state index contributed by atoms with van der Waals surface area (Å²) in [6.07, 6.45) is 3.11. The van der Waals surface area contributed by atoms with Gasteiger partial charge >= 0.3 is 0 Å². The third-order valence-corrected chi connectivity index (χ3v) is 4.59. The molecule has 1 aromatic heterocycles. The van der Waals surface area contributed by atoms with Crippen molar-refractivity contribution in [2.24, 2.45) is 5.10 Å². The number of rotatable bonds is 4. The fourth-order valence-corrected chi connectivity index (χ4v) is 2.89. The predicted octanol–water partition coefficient (Wildman–Crippen LogP) is 2.86. The number of hydrogen-bond donors (Lipinski definition) is 1. The largest absolute Gasteiger partial charge is 0.276 e. The number of fused-ring (bicyclic) bond motifs is 1. The number of hydrogen-bond acceptors (Lipinski definition) is 4. The predicted molar refractivity (Wildman–Crippen MR) is 90.8 cm³/mol. The van der Waals surface area contributed by atoms with Crippen molar-refractivity contribution in [1.29, 1.82) is 0 Å². The van der Waals surface area contributed by atoms with Crippen molar-refractivity contribution in [1.82, 2.24) is 9.82 Å². The molecule has 6 heteroatoms. The molecule has 0 unspecified atom stereocenters. The van der Waals surface area contributed by atoms with E-state index in [2.05, 4.69) is 14.9 Å². The molecule has 23 heavy (non-hydrogen) atoms. The quantitative estimate of drug-likeness (QED) is 0.592. The highest BCUT2D eigenvalue weighted by molar-refractivity contribution is 7.89. The minimum atomic E-state index is -3.67. The highest BCUT2D eigenvalue weighted by Gasteiger charge is 2.11. The summed E-state index contributed by atoms with van der Waals surface area (Å²) < 4.78 is 24.2. The van der Waals surface area contributed by atoms with E-state index in [0.717, 1.165) is 16.3 Å². The average molecular weight is 325 g/mol. The van der Waals surface area contributed by atoms with Crippen LogP contribution < -0.4 is 4.83 Å². The minimum absolute atomic E-state index is 0.173. The lowest BCUT2D eigenvalue weighted by molar-refractivity contribution is 0.584. The van der Waals surface area contributed by atoms with E-state index in [-0.39, 0.29) is 4.90 Å². The summed E-state index contributed by atoms with van der Waals surface area (Å²) in [5, 5.41) is 5.83. The fraction of sp³-hybridized carbons (Fsp3) is 0.0588. The number of sulfonamides is 1. The molecule has 116 valence electrons. The number of pyridine rings is 1. The molecule has 0 fully saturated rings. The van der Waals surface area contributed by atoms with Gasteiger partial charge in [0.2, 0.25) is 0 Å². The van der Waals surface area contributed by atoms with Crippen molar-refractivity contribution in [3.05, 3.63) is 72.1 Å². The normalized spacial score (nSPS) is 11.9. The van der Waals surface area contributed by atoms with Gasteiger partial charge in [-0.25, -0.2) is 4.83 Å². The molecule has 0 aliphatic carbocycles. The summed E-state index contributed by atoms with van der Waals surface area (Å²) in [5.41, 5.74) is 1.57. The zero-order valence-electron chi connectivity index (χ0n) is 12.5. The summed E-state index contributed by atoms with van der Waals surface area (Å²) in [5.74, 6) is 0. The van der Waals surface area contributed by atoms with Crippen molar-refractivity contribution in [2.45, 2.75) is 11.8 Å². The Morgan fingerprint density at radius 2 is 1.74 bits per heavy atom. The van der Waals surface area contributed by atoms with Crippen LogP contribution in [-0.2, 0) is 10.0 Å². The van der Waals surface area contributed by atoms with E-state index >= 15 is 0 Å². The first kappa shape index (κ1) is 15.2. The summed E-state index contributed by atoms with van der Waals surface area (Å²) >= 11 is 0. The molecule has 2 aromatic carbocycles. The Bertz CT molecular complexity index is 965. The number of aromatic nitrogens is 1. The maximum Gasteiger partial charge on any atom is 0.276 e. The van der Waals surface area contributed by atoms with Gasteiger partial charge in [-0.1, -0.05) is 42.0 Å². The Labute approximate surface area is 134 Å². The molecule has 0 saturated carbocycles. The summed E-state index contributed by atoms with van der Waals surface area (Å²) in [6.45, 7) is 1.90. The Morgan fingerprint density at radius 1 is 1.04 bits per heavy atom. The van der Waals surface area contributed by atoms with Gasteiger partial charge in [-0.05, 0) is 30.5 Å². The monoisotopic (exact) mass is 325 g/mol. The minimum Gasteiger partial charge on any atom is -0.255 e. The van der Waals surface area contributed by atoms with E-state index in [1.165, 1.54) is 6.21 Å². The molecular weight excluding hydrogens is 310 g/mol. The second-order valence-corrected chi connectivity index (χ2v) is 6.78. The molecule has 0 spiro atoms. The summed E-state index contributed by atoms with van der Waals surface area (Å²) in [6, 6.07) is 16.2. The summed E-state index contributed by atoms with van der Waals surface area (Å²) in [7, 11) is -3.67. The van der Waals surface area contributed by atoms with E-state index in [0.29, 0.717) is 5.69 Å². The van der Waals surface area contributed by atoms with Gasteiger partial charge in [-0.2, -0.15) is 13.5 Å². The van der Waals surface area contributed by atoms with Crippen molar-refractivity contribution >= 4 is 27.0 Å². The molecule has 0 amide bonds.